The van der Waals surface area contributed by atoms with E-state index in [1.165, 1.54) is 16.6 Å². The Morgan fingerprint density at radius 1 is 0.955 bits per heavy atom. The van der Waals surface area contributed by atoms with E-state index in [0.717, 1.165) is 38.2 Å². The Hall–Kier alpha value is -2.33. The van der Waals surface area contributed by atoms with Gasteiger partial charge in [-0.05, 0) is 23.8 Å². The van der Waals surface area contributed by atoms with Crippen molar-refractivity contribution in [2.45, 2.75) is 6.54 Å². The zero-order chi connectivity index (χ0) is 14.8. The van der Waals surface area contributed by atoms with Crippen molar-refractivity contribution >= 4 is 16.6 Å². The third-order valence-electron chi connectivity index (χ3n) is 4.41. The lowest BCUT2D eigenvalue weighted by Crippen LogP contribution is -2.45. The topological polar surface area (TPSA) is 35.2 Å². The van der Waals surface area contributed by atoms with Crippen LogP contribution in [-0.2, 0) is 6.54 Å². The standard InChI is InChI=1S/C18H20N4/c1-2-4-15(5-3-1)14-21-8-10-22(11-9-21)17-6-7-18-16(12-17)13-19-20-18/h1-7,12-13H,8-11,14H2,(H,19,20). The summed E-state index contributed by atoms with van der Waals surface area (Å²) in [6.45, 7) is 5.43. The highest BCUT2D eigenvalue weighted by atomic mass is 15.3. The van der Waals surface area contributed by atoms with E-state index in [1.54, 1.807) is 0 Å². The van der Waals surface area contributed by atoms with Gasteiger partial charge in [-0.25, -0.2) is 0 Å². The van der Waals surface area contributed by atoms with Crippen LogP contribution < -0.4 is 4.90 Å². The zero-order valence-corrected chi connectivity index (χ0v) is 12.6. The maximum atomic E-state index is 4.09. The van der Waals surface area contributed by atoms with E-state index < -0.39 is 0 Å². The summed E-state index contributed by atoms with van der Waals surface area (Å²) in [5.74, 6) is 0. The number of nitrogens with zero attached hydrogens (tertiary/aromatic N) is 3. The maximum Gasteiger partial charge on any atom is 0.0651 e. The van der Waals surface area contributed by atoms with Crippen LogP contribution in [0.4, 0.5) is 5.69 Å². The molecule has 1 aliphatic rings. The van der Waals surface area contributed by atoms with Gasteiger partial charge >= 0.3 is 0 Å². The highest BCUT2D eigenvalue weighted by molar-refractivity contribution is 5.82. The van der Waals surface area contributed by atoms with Gasteiger partial charge in [-0.15, -0.1) is 0 Å². The minimum atomic E-state index is 1.05. The molecule has 0 saturated carbocycles. The molecule has 0 atom stereocenters. The van der Waals surface area contributed by atoms with Gasteiger partial charge in [0.2, 0.25) is 0 Å². The second-order valence-corrected chi connectivity index (χ2v) is 5.89. The summed E-state index contributed by atoms with van der Waals surface area (Å²) in [5, 5.41) is 8.29. The number of nitrogens with one attached hydrogen (secondary N) is 1. The van der Waals surface area contributed by atoms with Gasteiger partial charge in [0.1, 0.15) is 0 Å². The highest BCUT2D eigenvalue weighted by Gasteiger charge is 2.17. The maximum absolute atomic E-state index is 4.09. The third-order valence-corrected chi connectivity index (χ3v) is 4.41. The molecular formula is C18H20N4. The molecule has 1 fully saturated rings. The molecular weight excluding hydrogens is 272 g/mol. The number of H-pyrrole nitrogens is 1. The quantitative estimate of drug-likeness (QED) is 0.806. The summed E-state index contributed by atoms with van der Waals surface area (Å²) in [6.07, 6.45) is 1.89. The first-order chi connectivity index (χ1) is 10.9. The molecule has 3 aromatic rings. The fraction of sp³-hybridized carbons (Fsp3) is 0.278. The van der Waals surface area contributed by atoms with E-state index in [2.05, 4.69) is 68.5 Å². The molecule has 0 radical (unpaired) electrons. The number of hydrogen-bond acceptors (Lipinski definition) is 3. The Labute approximate surface area is 130 Å². The Kier molecular flexibility index (Phi) is 3.52. The van der Waals surface area contributed by atoms with E-state index in [1.807, 2.05) is 6.20 Å². The molecule has 1 aromatic heterocycles. The lowest BCUT2D eigenvalue weighted by molar-refractivity contribution is 0.250. The Morgan fingerprint density at radius 2 is 1.77 bits per heavy atom. The van der Waals surface area contributed by atoms with Crippen molar-refractivity contribution < 1.29 is 0 Å². The molecule has 4 rings (SSSR count). The molecule has 1 saturated heterocycles. The van der Waals surface area contributed by atoms with Gasteiger partial charge in [0.15, 0.2) is 0 Å². The van der Waals surface area contributed by atoms with Crippen molar-refractivity contribution in [3.8, 4) is 0 Å². The van der Waals surface area contributed by atoms with E-state index in [-0.39, 0.29) is 0 Å². The van der Waals surface area contributed by atoms with Crippen LogP contribution in [-0.4, -0.2) is 41.3 Å². The Morgan fingerprint density at radius 3 is 2.59 bits per heavy atom. The van der Waals surface area contributed by atoms with Crippen molar-refractivity contribution in [2.24, 2.45) is 0 Å². The lowest BCUT2D eigenvalue weighted by Gasteiger charge is -2.36. The molecule has 0 aliphatic carbocycles. The molecule has 0 bridgehead atoms. The number of hydrogen-bond donors (Lipinski definition) is 1. The predicted molar refractivity (Wildman–Crippen MR) is 90.0 cm³/mol. The Balaban J connectivity index is 1.41. The average Bonchev–Trinajstić information content (AvgIpc) is 3.04. The van der Waals surface area contributed by atoms with Gasteiger partial charge in [0, 0.05) is 43.8 Å². The number of aromatic nitrogens is 2. The second kappa shape index (κ2) is 5.81. The van der Waals surface area contributed by atoms with E-state index >= 15 is 0 Å². The molecule has 1 N–H and O–H groups in total. The van der Waals surface area contributed by atoms with E-state index in [0.29, 0.717) is 0 Å². The monoisotopic (exact) mass is 292 g/mol. The summed E-state index contributed by atoms with van der Waals surface area (Å²) in [4.78, 5) is 5.00. The van der Waals surface area contributed by atoms with E-state index in [9.17, 15) is 0 Å². The minimum absolute atomic E-state index is 1.05. The van der Waals surface area contributed by atoms with Crippen molar-refractivity contribution in [3.63, 3.8) is 0 Å². The Bertz CT molecular complexity index is 742. The molecule has 0 amide bonds. The lowest BCUT2D eigenvalue weighted by atomic mass is 10.1. The van der Waals surface area contributed by atoms with Gasteiger partial charge in [-0.3, -0.25) is 10.00 Å². The zero-order valence-electron chi connectivity index (χ0n) is 12.6. The van der Waals surface area contributed by atoms with Gasteiger partial charge in [-0.2, -0.15) is 5.10 Å². The summed E-state index contributed by atoms with van der Waals surface area (Å²) in [6, 6.07) is 17.3. The molecule has 22 heavy (non-hydrogen) atoms. The van der Waals surface area contributed by atoms with Crippen LogP contribution in [0.15, 0.2) is 54.7 Å². The first-order valence-electron chi connectivity index (χ1n) is 7.83. The first-order valence-corrected chi connectivity index (χ1v) is 7.83. The van der Waals surface area contributed by atoms with Crippen LogP contribution in [0.25, 0.3) is 10.9 Å². The van der Waals surface area contributed by atoms with Crippen LogP contribution in [0, 0.1) is 0 Å². The fourth-order valence-electron chi connectivity index (χ4n) is 3.13. The molecule has 4 nitrogen and oxygen atoms in total. The minimum Gasteiger partial charge on any atom is -0.369 e. The van der Waals surface area contributed by atoms with Gasteiger partial charge < -0.3 is 4.90 Å². The molecule has 2 aromatic carbocycles. The van der Waals surface area contributed by atoms with E-state index in [4.69, 9.17) is 0 Å². The van der Waals surface area contributed by atoms with Crippen molar-refractivity contribution in [2.75, 3.05) is 31.1 Å². The molecule has 0 spiro atoms. The largest absolute Gasteiger partial charge is 0.369 e. The number of anilines is 1. The van der Waals surface area contributed by atoms with Crippen molar-refractivity contribution in [3.05, 3.63) is 60.3 Å². The third kappa shape index (κ3) is 2.70. The summed E-state index contributed by atoms with van der Waals surface area (Å²) in [5.41, 5.74) is 3.80. The molecule has 1 aliphatic heterocycles. The first kappa shape index (κ1) is 13.3. The summed E-state index contributed by atoms with van der Waals surface area (Å²) >= 11 is 0. The van der Waals surface area contributed by atoms with Crippen LogP contribution in [0.1, 0.15) is 5.56 Å². The number of fused-ring (bicyclic) bond motifs is 1. The smallest absolute Gasteiger partial charge is 0.0651 e. The predicted octanol–water partition coefficient (Wildman–Crippen LogP) is 2.89. The van der Waals surface area contributed by atoms with Crippen molar-refractivity contribution in [1.82, 2.24) is 15.1 Å². The highest BCUT2D eigenvalue weighted by Crippen LogP contribution is 2.22. The molecule has 2 heterocycles. The SMILES string of the molecule is c1ccc(CN2CCN(c3ccc4[nH]ncc4c3)CC2)cc1. The number of rotatable bonds is 3. The fourth-order valence-corrected chi connectivity index (χ4v) is 3.13. The van der Waals surface area contributed by atoms with Crippen LogP contribution in [0.3, 0.4) is 0 Å². The summed E-state index contributed by atoms with van der Waals surface area (Å²) < 4.78 is 0. The molecule has 0 unspecified atom stereocenters. The second-order valence-electron chi connectivity index (χ2n) is 5.89. The average molecular weight is 292 g/mol. The van der Waals surface area contributed by atoms with Crippen molar-refractivity contribution in [1.29, 1.82) is 0 Å². The molecule has 4 heteroatoms. The molecule has 112 valence electrons. The normalized spacial score (nSPS) is 16.3. The number of benzene rings is 2. The van der Waals surface area contributed by atoms with Gasteiger partial charge in [0.05, 0.1) is 11.7 Å². The summed E-state index contributed by atoms with van der Waals surface area (Å²) in [7, 11) is 0. The van der Waals surface area contributed by atoms with Crippen LogP contribution in [0.2, 0.25) is 0 Å². The van der Waals surface area contributed by atoms with Crippen LogP contribution in [0.5, 0.6) is 0 Å². The van der Waals surface area contributed by atoms with Gasteiger partial charge in [-0.1, -0.05) is 30.3 Å². The van der Waals surface area contributed by atoms with Gasteiger partial charge in [0.25, 0.3) is 0 Å². The number of aromatic amines is 1. The van der Waals surface area contributed by atoms with Crippen LogP contribution >= 0.6 is 0 Å². The number of piperazine rings is 1.